The van der Waals surface area contributed by atoms with Crippen LogP contribution in [0.1, 0.15) is 22.3 Å². The van der Waals surface area contributed by atoms with E-state index in [0.29, 0.717) is 5.82 Å². The van der Waals surface area contributed by atoms with Crippen LogP contribution in [0.2, 0.25) is 0 Å². The Morgan fingerprint density at radius 1 is 0.246 bits per heavy atom. The summed E-state index contributed by atoms with van der Waals surface area (Å²) in [5, 5.41) is 0. The maximum absolute atomic E-state index is 5.25. The van der Waals surface area contributed by atoms with Crippen LogP contribution in [0.4, 0.5) is 0 Å². The molecule has 0 N–H and O–H groups in total. The first-order chi connectivity index (χ1) is 30.2. The summed E-state index contributed by atoms with van der Waals surface area (Å²) in [4.78, 5) is 15.4. The molecule has 286 valence electrons. The minimum atomic E-state index is -0.455. The summed E-state index contributed by atoms with van der Waals surface area (Å²) < 4.78 is 0. The number of rotatable bonds is 8. The Balaban J connectivity index is 0.961. The van der Waals surface area contributed by atoms with Crippen LogP contribution in [-0.2, 0) is 5.41 Å². The molecule has 0 amide bonds. The number of benzene rings is 8. The van der Waals surface area contributed by atoms with E-state index in [0.717, 1.165) is 61.7 Å². The van der Waals surface area contributed by atoms with Gasteiger partial charge in [0.15, 0.2) is 5.82 Å². The summed E-state index contributed by atoms with van der Waals surface area (Å²) in [6.45, 7) is 0. The Kier molecular flexibility index (Phi) is 9.05. The second-order valence-corrected chi connectivity index (χ2v) is 15.6. The van der Waals surface area contributed by atoms with Crippen molar-refractivity contribution >= 4 is 0 Å². The lowest BCUT2D eigenvalue weighted by Crippen LogP contribution is -2.28. The van der Waals surface area contributed by atoms with Gasteiger partial charge in [-0.2, -0.15) is 0 Å². The summed E-state index contributed by atoms with van der Waals surface area (Å²) in [5.74, 6) is 0.673. The molecule has 2 aromatic heterocycles. The molecule has 11 rings (SSSR count). The molecule has 0 saturated carbocycles. The highest BCUT2D eigenvalue weighted by Crippen LogP contribution is 2.56. The van der Waals surface area contributed by atoms with Crippen LogP contribution in [0.15, 0.2) is 237 Å². The summed E-state index contributed by atoms with van der Waals surface area (Å²) in [6, 6.07) is 84.0. The van der Waals surface area contributed by atoms with E-state index >= 15 is 0 Å². The van der Waals surface area contributed by atoms with Crippen LogP contribution in [0.25, 0.3) is 78.7 Å². The molecule has 0 radical (unpaired) electrons. The highest BCUT2D eigenvalue weighted by atomic mass is 14.9. The minimum absolute atomic E-state index is 0.455. The average molecular weight is 778 g/mol. The van der Waals surface area contributed by atoms with Gasteiger partial charge in [0, 0.05) is 27.8 Å². The van der Waals surface area contributed by atoms with Crippen molar-refractivity contribution in [1.82, 2.24) is 15.0 Å². The minimum Gasteiger partial charge on any atom is -0.248 e. The lowest BCUT2D eigenvalue weighted by molar-refractivity contribution is 0.769. The highest BCUT2D eigenvalue weighted by Gasteiger charge is 2.45. The first-order valence-corrected chi connectivity index (χ1v) is 20.8. The van der Waals surface area contributed by atoms with Crippen LogP contribution in [0.3, 0.4) is 0 Å². The first kappa shape index (κ1) is 36.1. The molecule has 0 spiro atoms. The van der Waals surface area contributed by atoms with Gasteiger partial charge in [-0.15, -0.1) is 0 Å². The van der Waals surface area contributed by atoms with Crippen LogP contribution < -0.4 is 0 Å². The molecular formula is C58H39N3. The van der Waals surface area contributed by atoms with E-state index in [2.05, 4.69) is 200 Å². The Bertz CT molecular complexity index is 3090. The molecule has 0 atom stereocenters. The molecule has 1 aliphatic carbocycles. The highest BCUT2D eigenvalue weighted by molar-refractivity contribution is 5.87. The predicted molar refractivity (Wildman–Crippen MR) is 250 cm³/mol. The lowest BCUT2D eigenvalue weighted by Gasteiger charge is -2.34. The molecule has 0 aliphatic heterocycles. The van der Waals surface area contributed by atoms with E-state index in [4.69, 9.17) is 15.0 Å². The zero-order chi connectivity index (χ0) is 40.6. The van der Waals surface area contributed by atoms with E-state index in [1.807, 2.05) is 36.4 Å². The first-order valence-electron chi connectivity index (χ1n) is 20.8. The van der Waals surface area contributed by atoms with Gasteiger partial charge in [0.1, 0.15) is 0 Å². The Labute approximate surface area is 356 Å². The summed E-state index contributed by atoms with van der Waals surface area (Å²) >= 11 is 0. The second-order valence-electron chi connectivity index (χ2n) is 15.6. The zero-order valence-corrected chi connectivity index (χ0v) is 33.4. The standard InChI is InChI=1S/C58H39N3/c1-4-18-40(19-5-1)55-39-56(41-20-6-2-7-21-41)61-57(60-55)46-26-15-25-45(37-46)54-35-17-34-53(59-54)44-24-14-22-42(36-44)43-23-16-29-48(38-43)58(47-27-8-3-9-28-47)51-32-12-10-30-49(51)50-31-11-13-33-52(50)58/h1-39H. The Morgan fingerprint density at radius 3 is 1.25 bits per heavy atom. The van der Waals surface area contributed by atoms with Crippen molar-refractivity contribution in [2.45, 2.75) is 5.41 Å². The molecule has 0 bridgehead atoms. The third kappa shape index (κ3) is 6.44. The van der Waals surface area contributed by atoms with Gasteiger partial charge in [-0.1, -0.05) is 200 Å². The molecular weight excluding hydrogens is 739 g/mol. The monoisotopic (exact) mass is 777 g/mol. The third-order valence-electron chi connectivity index (χ3n) is 12.0. The molecule has 3 nitrogen and oxygen atoms in total. The van der Waals surface area contributed by atoms with E-state index < -0.39 is 5.41 Å². The van der Waals surface area contributed by atoms with Crippen molar-refractivity contribution in [3.63, 3.8) is 0 Å². The van der Waals surface area contributed by atoms with E-state index in [1.54, 1.807) is 0 Å². The van der Waals surface area contributed by atoms with Gasteiger partial charge < -0.3 is 0 Å². The van der Waals surface area contributed by atoms with Crippen molar-refractivity contribution in [3.8, 4) is 78.7 Å². The predicted octanol–water partition coefficient (Wildman–Crippen LogP) is 14.2. The normalized spacial score (nSPS) is 12.4. The molecule has 0 fully saturated rings. The lowest BCUT2D eigenvalue weighted by atomic mass is 9.67. The van der Waals surface area contributed by atoms with Gasteiger partial charge in [0.05, 0.1) is 28.2 Å². The number of nitrogens with zero attached hydrogens (tertiary/aromatic N) is 3. The Hall–Kier alpha value is -8.01. The second kappa shape index (κ2) is 15.3. The van der Waals surface area contributed by atoms with Gasteiger partial charge in [-0.25, -0.2) is 15.0 Å². The summed E-state index contributed by atoms with van der Waals surface area (Å²) in [6.07, 6.45) is 0. The topological polar surface area (TPSA) is 38.7 Å². The molecule has 0 saturated heterocycles. The number of pyridine rings is 1. The SMILES string of the molecule is c1ccc(-c2cc(-c3ccccc3)nc(-c3cccc(-c4cccc(-c5cccc(-c6cccc(C7(c8ccccc8)c8ccccc8-c8ccccc87)c6)c5)n4)c3)n2)cc1. The van der Waals surface area contributed by atoms with Crippen LogP contribution >= 0.6 is 0 Å². The molecule has 2 heterocycles. The zero-order valence-electron chi connectivity index (χ0n) is 33.4. The van der Waals surface area contributed by atoms with Crippen LogP contribution in [-0.4, -0.2) is 15.0 Å². The van der Waals surface area contributed by atoms with Gasteiger partial charge in [-0.05, 0) is 80.9 Å². The van der Waals surface area contributed by atoms with Gasteiger partial charge >= 0.3 is 0 Å². The van der Waals surface area contributed by atoms with E-state index in [-0.39, 0.29) is 0 Å². The summed E-state index contributed by atoms with van der Waals surface area (Å²) in [5.41, 5.74) is 18.2. The van der Waals surface area contributed by atoms with Crippen LogP contribution in [0, 0.1) is 0 Å². The van der Waals surface area contributed by atoms with Gasteiger partial charge in [0.2, 0.25) is 0 Å². The number of fused-ring (bicyclic) bond motifs is 3. The molecule has 61 heavy (non-hydrogen) atoms. The van der Waals surface area contributed by atoms with Crippen molar-refractivity contribution in [2.75, 3.05) is 0 Å². The number of hydrogen-bond donors (Lipinski definition) is 0. The number of hydrogen-bond acceptors (Lipinski definition) is 3. The van der Waals surface area contributed by atoms with Crippen molar-refractivity contribution < 1.29 is 0 Å². The fraction of sp³-hybridized carbons (Fsp3) is 0.0172. The largest absolute Gasteiger partial charge is 0.248 e. The van der Waals surface area contributed by atoms with Gasteiger partial charge in [-0.3, -0.25) is 0 Å². The molecule has 8 aromatic carbocycles. The van der Waals surface area contributed by atoms with E-state index in [1.165, 1.54) is 33.4 Å². The van der Waals surface area contributed by atoms with E-state index in [9.17, 15) is 0 Å². The van der Waals surface area contributed by atoms with Crippen LogP contribution in [0.5, 0.6) is 0 Å². The Morgan fingerprint density at radius 2 is 0.656 bits per heavy atom. The number of aromatic nitrogens is 3. The maximum atomic E-state index is 5.25. The third-order valence-corrected chi connectivity index (χ3v) is 12.0. The molecule has 1 aliphatic rings. The molecule has 3 heteroatoms. The van der Waals surface area contributed by atoms with Crippen molar-refractivity contribution in [1.29, 1.82) is 0 Å². The summed E-state index contributed by atoms with van der Waals surface area (Å²) in [7, 11) is 0. The quantitative estimate of drug-likeness (QED) is 0.154. The van der Waals surface area contributed by atoms with Crippen molar-refractivity contribution in [2.24, 2.45) is 0 Å². The maximum Gasteiger partial charge on any atom is 0.160 e. The smallest absolute Gasteiger partial charge is 0.160 e. The van der Waals surface area contributed by atoms with Crippen molar-refractivity contribution in [3.05, 3.63) is 259 Å². The fourth-order valence-electron chi connectivity index (χ4n) is 9.17. The van der Waals surface area contributed by atoms with Gasteiger partial charge in [0.25, 0.3) is 0 Å². The fourth-order valence-corrected chi connectivity index (χ4v) is 9.17. The molecule has 0 unspecified atom stereocenters. The average Bonchev–Trinajstić information content (AvgIpc) is 3.66. The molecule has 10 aromatic rings.